The third kappa shape index (κ3) is 4.64. The number of carboxylic acids is 1. The van der Waals surface area contributed by atoms with Crippen molar-refractivity contribution in [2.24, 2.45) is 11.8 Å². The van der Waals surface area contributed by atoms with E-state index in [9.17, 15) is 14.7 Å². The molecule has 1 fully saturated rings. The first-order chi connectivity index (χ1) is 12.9. The number of piperidine rings is 1. The third-order valence-corrected chi connectivity index (χ3v) is 4.75. The maximum Gasteiger partial charge on any atom is 0.317 e. The van der Waals surface area contributed by atoms with Gasteiger partial charge in [0, 0.05) is 25.2 Å². The molecule has 0 bridgehead atoms. The van der Waals surface area contributed by atoms with Crippen LogP contribution in [0.4, 0.5) is 4.79 Å². The van der Waals surface area contributed by atoms with Crippen LogP contribution in [-0.2, 0) is 4.79 Å². The molecule has 3 atom stereocenters. The van der Waals surface area contributed by atoms with Crippen LogP contribution in [0, 0.1) is 11.8 Å². The number of carbonyl (C=O) groups is 2. The van der Waals surface area contributed by atoms with Gasteiger partial charge in [-0.25, -0.2) is 4.79 Å². The van der Waals surface area contributed by atoms with Gasteiger partial charge in [-0.3, -0.25) is 4.79 Å². The minimum absolute atomic E-state index is 0.156. The van der Waals surface area contributed by atoms with Gasteiger partial charge in [0.2, 0.25) is 11.7 Å². The second-order valence-corrected chi connectivity index (χ2v) is 7.19. The van der Waals surface area contributed by atoms with Crippen LogP contribution >= 0.6 is 0 Å². The average molecular weight is 372 g/mol. The second-order valence-electron chi connectivity index (χ2n) is 7.19. The Kier molecular flexibility index (Phi) is 5.73. The highest BCUT2D eigenvalue weighted by molar-refractivity contribution is 5.76. The highest BCUT2D eigenvalue weighted by Gasteiger charge is 2.32. The van der Waals surface area contributed by atoms with Gasteiger partial charge in [0.25, 0.3) is 0 Å². The zero-order valence-electron chi connectivity index (χ0n) is 15.5. The standard InChI is InChI=1S/C19H24N4O4/c1-12-8-15(18(24)25)11-23(10-12)19(26)20-9-13(2)17-21-16(22-27-17)14-6-4-3-5-7-14/h3-7,12-13,15H,8-11H2,1-2H3,(H,20,26)(H,24,25). The average Bonchev–Trinajstić information content (AvgIpc) is 3.16. The Labute approximate surface area is 157 Å². The zero-order valence-corrected chi connectivity index (χ0v) is 15.5. The molecular weight excluding hydrogens is 348 g/mol. The summed E-state index contributed by atoms with van der Waals surface area (Å²) in [6.45, 7) is 4.97. The van der Waals surface area contributed by atoms with Crippen LogP contribution in [0.1, 0.15) is 32.1 Å². The normalized spacial score (nSPS) is 20.9. The molecule has 1 saturated heterocycles. The molecular formula is C19H24N4O4. The summed E-state index contributed by atoms with van der Waals surface area (Å²) in [6.07, 6.45) is 0.597. The van der Waals surface area contributed by atoms with Crippen LogP contribution in [0.5, 0.6) is 0 Å². The number of benzene rings is 1. The first kappa shape index (κ1) is 18.9. The number of likely N-dealkylation sites (tertiary alicyclic amines) is 1. The van der Waals surface area contributed by atoms with Gasteiger partial charge in [0.05, 0.1) is 11.8 Å². The Morgan fingerprint density at radius 1 is 1.33 bits per heavy atom. The van der Waals surface area contributed by atoms with E-state index in [1.54, 1.807) is 4.90 Å². The van der Waals surface area contributed by atoms with Crippen molar-refractivity contribution >= 4 is 12.0 Å². The first-order valence-corrected chi connectivity index (χ1v) is 9.08. The number of hydrogen-bond acceptors (Lipinski definition) is 5. The molecule has 0 radical (unpaired) electrons. The van der Waals surface area contributed by atoms with Gasteiger partial charge in [0.15, 0.2) is 0 Å². The molecule has 0 spiro atoms. The van der Waals surface area contributed by atoms with Gasteiger partial charge in [-0.2, -0.15) is 4.98 Å². The number of aromatic nitrogens is 2. The number of hydrogen-bond donors (Lipinski definition) is 2. The summed E-state index contributed by atoms with van der Waals surface area (Å²) in [4.78, 5) is 29.7. The molecule has 8 heteroatoms. The van der Waals surface area contributed by atoms with Crippen LogP contribution in [-0.4, -0.2) is 51.8 Å². The van der Waals surface area contributed by atoms with Crippen molar-refractivity contribution in [3.8, 4) is 11.4 Å². The number of nitrogens with one attached hydrogen (secondary N) is 1. The van der Waals surface area contributed by atoms with Crippen LogP contribution in [0.15, 0.2) is 34.9 Å². The van der Waals surface area contributed by atoms with Crippen molar-refractivity contribution in [2.75, 3.05) is 19.6 Å². The Hall–Kier alpha value is -2.90. The predicted molar refractivity (Wildman–Crippen MR) is 98.0 cm³/mol. The summed E-state index contributed by atoms with van der Waals surface area (Å²) >= 11 is 0. The summed E-state index contributed by atoms with van der Waals surface area (Å²) < 4.78 is 5.32. The van der Waals surface area contributed by atoms with Crippen LogP contribution < -0.4 is 5.32 Å². The van der Waals surface area contributed by atoms with Crippen LogP contribution in [0.25, 0.3) is 11.4 Å². The molecule has 144 valence electrons. The summed E-state index contributed by atoms with van der Waals surface area (Å²) in [6, 6.07) is 9.26. The van der Waals surface area contributed by atoms with Crippen molar-refractivity contribution in [1.29, 1.82) is 0 Å². The number of nitrogens with zero attached hydrogens (tertiary/aromatic N) is 3. The number of rotatable bonds is 5. The highest BCUT2D eigenvalue weighted by Crippen LogP contribution is 2.22. The van der Waals surface area contributed by atoms with Crippen molar-refractivity contribution in [2.45, 2.75) is 26.2 Å². The van der Waals surface area contributed by atoms with E-state index in [4.69, 9.17) is 4.52 Å². The molecule has 2 amide bonds. The monoisotopic (exact) mass is 372 g/mol. The third-order valence-electron chi connectivity index (χ3n) is 4.75. The molecule has 1 aliphatic heterocycles. The summed E-state index contributed by atoms with van der Waals surface area (Å²) in [5.41, 5.74) is 0.866. The summed E-state index contributed by atoms with van der Waals surface area (Å²) in [7, 11) is 0. The predicted octanol–water partition coefficient (Wildman–Crippen LogP) is 2.59. The molecule has 1 aromatic carbocycles. The molecule has 3 unspecified atom stereocenters. The van der Waals surface area contributed by atoms with Gasteiger partial charge in [-0.05, 0) is 12.3 Å². The minimum Gasteiger partial charge on any atom is -0.481 e. The number of aliphatic carboxylic acids is 1. The lowest BCUT2D eigenvalue weighted by Crippen LogP contribution is -2.50. The van der Waals surface area contributed by atoms with Gasteiger partial charge < -0.3 is 19.8 Å². The largest absolute Gasteiger partial charge is 0.481 e. The Morgan fingerprint density at radius 2 is 2.07 bits per heavy atom. The van der Waals surface area contributed by atoms with Crippen LogP contribution in [0.3, 0.4) is 0 Å². The van der Waals surface area contributed by atoms with E-state index in [-0.39, 0.29) is 24.4 Å². The zero-order chi connectivity index (χ0) is 19.4. The van der Waals surface area contributed by atoms with Crippen molar-refractivity contribution in [1.82, 2.24) is 20.4 Å². The van der Waals surface area contributed by atoms with Crippen LogP contribution in [0.2, 0.25) is 0 Å². The molecule has 8 nitrogen and oxygen atoms in total. The summed E-state index contributed by atoms with van der Waals surface area (Å²) in [5.74, 6) is -0.403. The van der Waals surface area contributed by atoms with Crippen molar-refractivity contribution < 1.29 is 19.2 Å². The van der Waals surface area contributed by atoms with E-state index in [1.165, 1.54) is 0 Å². The maximum absolute atomic E-state index is 12.4. The lowest BCUT2D eigenvalue weighted by molar-refractivity contribution is -0.143. The van der Waals surface area contributed by atoms with Crippen molar-refractivity contribution in [3.05, 3.63) is 36.2 Å². The molecule has 2 N–H and O–H groups in total. The van der Waals surface area contributed by atoms with E-state index in [0.717, 1.165) is 5.56 Å². The van der Waals surface area contributed by atoms with E-state index in [2.05, 4.69) is 15.5 Å². The number of urea groups is 1. The molecule has 1 aromatic heterocycles. The van der Waals surface area contributed by atoms with Crippen molar-refractivity contribution in [3.63, 3.8) is 0 Å². The fraction of sp³-hybridized carbons (Fsp3) is 0.474. The number of amides is 2. The highest BCUT2D eigenvalue weighted by atomic mass is 16.5. The van der Waals surface area contributed by atoms with Gasteiger partial charge in [-0.15, -0.1) is 0 Å². The van der Waals surface area contributed by atoms with Gasteiger partial charge in [0.1, 0.15) is 0 Å². The molecule has 27 heavy (non-hydrogen) atoms. The number of carbonyl (C=O) groups excluding carboxylic acids is 1. The topological polar surface area (TPSA) is 109 Å². The lowest BCUT2D eigenvalue weighted by Gasteiger charge is -2.34. The smallest absolute Gasteiger partial charge is 0.317 e. The number of carboxylic acid groups (broad SMARTS) is 1. The maximum atomic E-state index is 12.4. The van der Waals surface area contributed by atoms with Gasteiger partial charge in [-0.1, -0.05) is 49.3 Å². The molecule has 2 heterocycles. The SMILES string of the molecule is CC1CC(C(=O)O)CN(C(=O)NCC(C)c2nc(-c3ccccc3)no2)C1. The van der Waals surface area contributed by atoms with E-state index >= 15 is 0 Å². The Morgan fingerprint density at radius 3 is 2.78 bits per heavy atom. The molecule has 0 saturated carbocycles. The fourth-order valence-corrected chi connectivity index (χ4v) is 3.28. The quantitative estimate of drug-likeness (QED) is 0.835. The van der Waals surface area contributed by atoms with E-state index in [0.29, 0.717) is 31.2 Å². The lowest BCUT2D eigenvalue weighted by atomic mass is 9.91. The molecule has 1 aliphatic rings. The molecule has 3 rings (SSSR count). The molecule has 2 aromatic rings. The minimum atomic E-state index is -0.855. The fourth-order valence-electron chi connectivity index (χ4n) is 3.28. The Balaban J connectivity index is 1.56. The summed E-state index contributed by atoms with van der Waals surface area (Å²) in [5, 5.41) is 16.1. The van der Waals surface area contributed by atoms with Gasteiger partial charge >= 0.3 is 12.0 Å². The Bertz CT molecular complexity index is 792. The van der Waals surface area contributed by atoms with E-state index < -0.39 is 11.9 Å². The first-order valence-electron chi connectivity index (χ1n) is 9.08. The second kappa shape index (κ2) is 8.20. The van der Waals surface area contributed by atoms with E-state index in [1.807, 2.05) is 44.2 Å². The molecule has 0 aliphatic carbocycles.